The average molecular weight is 291 g/mol. The molecule has 0 aliphatic heterocycles. The van der Waals surface area contributed by atoms with Crippen LogP contribution >= 0.6 is 11.6 Å². The van der Waals surface area contributed by atoms with Gasteiger partial charge in [-0.05, 0) is 13.0 Å². The van der Waals surface area contributed by atoms with E-state index in [9.17, 15) is 4.79 Å². The number of nitrogens with two attached hydrogens (primary N) is 1. The smallest absolute Gasteiger partial charge is 0.257 e. The molecular weight excluding hydrogens is 276 g/mol. The number of benzene rings is 1. The van der Waals surface area contributed by atoms with Crippen LogP contribution in [-0.4, -0.2) is 34.9 Å². The number of carbonyl (C=O) groups excluding carboxylic acids is 1. The van der Waals surface area contributed by atoms with Crippen LogP contribution in [0.4, 0.5) is 5.95 Å². The quantitative estimate of drug-likeness (QED) is 0.922. The van der Waals surface area contributed by atoms with Gasteiger partial charge < -0.3 is 10.6 Å². The van der Waals surface area contributed by atoms with Crippen molar-refractivity contribution in [3.8, 4) is 11.3 Å². The number of amides is 1. The van der Waals surface area contributed by atoms with E-state index in [0.29, 0.717) is 27.5 Å². The fraction of sp³-hybridized carbons (Fsp3) is 0.214. The minimum Gasteiger partial charge on any atom is -0.368 e. The van der Waals surface area contributed by atoms with E-state index in [1.807, 2.05) is 12.1 Å². The molecule has 0 aliphatic rings. The van der Waals surface area contributed by atoms with Gasteiger partial charge in [-0.15, -0.1) is 0 Å². The molecule has 0 radical (unpaired) electrons. The Morgan fingerprint density at radius 2 is 1.90 bits per heavy atom. The zero-order valence-corrected chi connectivity index (χ0v) is 12.3. The maximum absolute atomic E-state index is 12.3. The summed E-state index contributed by atoms with van der Waals surface area (Å²) < 4.78 is 0. The van der Waals surface area contributed by atoms with Gasteiger partial charge in [0.1, 0.15) is 0 Å². The van der Waals surface area contributed by atoms with E-state index in [2.05, 4.69) is 9.97 Å². The van der Waals surface area contributed by atoms with Crippen LogP contribution in [0.5, 0.6) is 0 Å². The Labute approximate surface area is 122 Å². The van der Waals surface area contributed by atoms with Crippen molar-refractivity contribution in [3.05, 3.63) is 40.5 Å². The van der Waals surface area contributed by atoms with Gasteiger partial charge in [0.25, 0.3) is 5.91 Å². The highest BCUT2D eigenvalue weighted by atomic mass is 35.5. The van der Waals surface area contributed by atoms with Crippen molar-refractivity contribution < 1.29 is 4.79 Å². The molecule has 2 rings (SSSR count). The molecule has 0 unspecified atom stereocenters. The molecule has 2 aromatic rings. The Morgan fingerprint density at radius 3 is 2.50 bits per heavy atom. The number of halogens is 1. The summed E-state index contributed by atoms with van der Waals surface area (Å²) in [5.41, 5.74) is 7.77. The van der Waals surface area contributed by atoms with E-state index in [1.54, 1.807) is 33.2 Å². The Morgan fingerprint density at radius 1 is 1.25 bits per heavy atom. The van der Waals surface area contributed by atoms with E-state index in [0.717, 1.165) is 0 Å². The Bertz CT molecular complexity index is 670. The van der Waals surface area contributed by atoms with Crippen molar-refractivity contribution in [2.75, 3.05) is 19.8 Å². The third-order valence-corrected chi connectivity index (χ3v) is 3.19. The molecule has 0 spiro atoms. The lowest BCUT2D eigenvalue weighted by Gasteiger charge is -2.16. The standard InChI is InChI=1S/C14H15ClN4O/c1-8-11(13(20)19(2)3)12(18-14(16)17-8)9-6-4-5-7-10(9)15/h4-7H,1-3H3,(H2,16,17,18). The fourth-order valence-corrected chi connectivity index (χ4v) is 2.15. The highest BCUT2D eigenvalue weighted by molar-refractivity contribution is 6.33. The largest absolute Gasteiger partial charge is 0.368 e. The molecule has 0 fully saturated rings. The molecule has 6 heteroatoms. The van der Waals surface area contributed by atoms with Crippen molar-refractivity contribution >= 4 is 23.5 Å². The molecule has 0 saturated heterocycles. The maximum atomic E-state index is 12.3. The van der Waals surface area contributed by atoms with E-state index < -0.39 is 0 Å². The molecule has 0 aliphatic carbocycles. The topological polar surface area (TPSA) is 72.1 Å². The number of nitrogen functional groups attached to an aromatic ring is 1. The first-order valence-electron chi connectivity index (χ1n) is 6.02. The fourth-order valence-electron chi connectivity index (χ4n) is 1.92. The van der Waals surface area contributed by atoms with E-state index in [4.69, 9.17) is 17.3 Å². The normalized spacial score (nSPS) is 10.4. The zero-order chi connectivity index (χ0) is 14.9. The maximum Gasteiger partial charge on any atom is 0.257 e. The Hall–Kier alpha value is -2.14. The third kappa shape index (κ3) is 2.58. The van der Waals surface area contributed by atoms with Gasteiger partial charge in [-0.25, -0.2) is 9.97 Å². The predicted octanol–water partition coefficient (Wildman–Crippen LogP) is 2.39. The molecule has 1 heterocycles. The first kappa shape index (κ1) is 14.3. The Kier molecular flexibility index (Phi) is 3.90. The molecule has 0 bridgehead atoms. The Balaban J connectivity index is 2.75. The number of rotatable bonds is 2. The van der Waals surface area contributed by atoms with Crippen LogP contribution in [0.3, 0.4) is 0 Å². The molecule has 0 saturated carbocycles. The first-order chi connectivity index (χ1) is 9.41. The predicted molar refractivity (Wildman–Crippen MR) is 79.6 cm³/mol. The zero-order valence-electron chi connectivity index (χ0n) is 11.5. The van der Waals surface area contributed by atoms with Gasteiger partial charge >= 0.3 is 0 Å². The first-order valence-corrected chi connectivity index (χ1v) is 6.40. The van der Waals surface area contributed by atoms with Crippen LogP contribution in [0, 0.1) is 6.92 Å². The van der Waals surface area contributed by atoms with Crippen LogP contribution in [-0.2, 0) is 0 Å². The van der Waals surface area contributed by atoms with Crippen LogP contribution in [0.15, 0.2) is 24.3 Å². The van der Waals surface area contributed by atoms with Gasteiger partial charge in [0, 0.05) is 24.7 Å². The van der Waals surface area contributed by atoms with E-state index in [1.165, 1.54) is 4.90 Å². The van der Waals surface area contributed by atoms with E-state index in [-0.39, 0.29) is 11.9 Å². The average Bonchev–Trinajstić information content (AvgIpc) is 2.37. The lowest BCUT2D eigenvalue weighted by Crippen LogP contribution is -2.24. The second-order valence-electron chi connectivity index (χ2n) is 4.57. The molecule has 104 valence electrons. The lowest BCUT2D eigenvalue weighted by molar-refractivity contribution is 0.0827. The van der Waals surface area contributed by atoms with E-state index >= 15 is 0 Å². The second-order valence-corrected chi connectivity index (χ2v) is 4.98. The number of hydrogen-bond donors (Lipinski definition) is 1. The highest BCUT2D eigenvalue weighted by Gasteiger charge is 2.21. The van der Waals surface area contributed by atoms with Gasteiger partial charge in [0.2, 0.25) is 5.95 Å². The number of hydrogen-bond acceptors (Lipinski definition) is 4. The molecule has 20 heavy (non-hydrogen) atoms. The second kappa shape index (κ2) is 5.46. The highest BCUT2D eigenvalue weighted by Crippen LogP contribution is 2.30. The molecule has 0 atom stereocenters. The van der Waals surface area contributed by atoms with Gasteiger partial charge in [-0.3, -0.25) is 4.79 Å². The SMILES string of the molecule is Cc1nc(N)nc(-c2ccccc2Cl)c1C(=O)N(C)C. The minimum absolute atomic E-state index is 0.118. The molecular formula is C14H15ClN4O. The van der Waals surface area contributed by atoms with Crippen molar-refractivity contribution in [1.82, 2.24) is 14.9 Å². The van der Waals surface area contributed by atoms with Gasteiger partial charge in [0.15, 0.2) is 0 Å². The van der Waals surface area contributed by atoms with Crippen molar-refractivity contribution in [2.45, 2.75) is 6.92 Å². The molecule has 1 amide bonds. The number of nitrogens with zero attached hydrogens (tertiary/aromatic N) is 3. The molecule has 2 N–H and O–H groups in total. The van der Waals surface area contributed by atoms with Crippen molar-refractivity contribution in [1.29, 1.82) is 0 Å². The van der Waals surface area contributed by atoms with Crippen molar-refractivity contribution in [2.24, 2.45) is 0 Å². The van der Waals surface area contributed by atoms with Gasteiger partial charge in [0.05, 0.1) is 17.0 Å². The summed E-state index contributed by atoms with van der Waals surface area (Å²) in [5.74, 6) is -0.0647. The monoisotopic (exact) mass is 290 g/mol. The van der Waals surface area contributed by atoms with Crippen LogP contribution in [0.2, 0.25) is 5.02 Å². The number of aryl methyl sites for hydroxylation is 1. The van der Waals surface area contributed by atoms with Crippen LogP contribution in [0.1, 0.15) is 16.1 Å². The summed E-state index contributed by atoms with van der Waals surface area (Å²) in [4.78, 5) is 22.1. The van der Waals surface area contributed by atoms with Crippen molar-refractivity contribution in [3.63, 3.8) is 0 Å². The summed E-state index contributed by atoms with van der Waals surface area (Å²) in [6, 6.07) is 7.19. The van der Waals surface area contributed by atoms with Crippen LogP contribution < -0.4 is 5.73 Å². The third-order valence-electron chi connectivity index (χ3n) is 2.86. The van der Waals surface area contributed by atoms with Gasteiger partial charge in [-0.1, -0.05) is 29.8 Å². The summed E-state index contributed by atoms with van der Waals surface area (Å²) in [6.07, 6.45) is 0. The number of carbonyl (C=O) groups is 1. The van der Waals surface area contributed by atoms with Gasteiger partial charge in [-0.2, -0.15) is 0 Å². The summed E-state index contributed by atoms with van der Waals surface area (Å²) in [5, 5.41) is 0.512. The minimum atomic E-state index is -0.183. The molecule has 1 aromatic carbocycles. The molecule has 5 nitrogen and oxygen atoms in total. The summed E-state index contributed by atoms with van der Waals surface area (Å²) in [7, 11) is 3.35. The lowest BCUT2D eigenvalue weighted by atomic mass is 10.0. The molecule has 1 aromatic heterocycles. The summed E-state index contributed by atoms with van der Waals surface area (Å²) >= 11 is 6.19. The number of aromatic nitrogens is 2. The summed E-state index contributed by atoms with van der Waals surface area (Å²) in [6.45, 7) is 1.73. The van der Waals surface area contributed by atoms with Crippen LogP contribution in [0.25, 0.3) is 11.3 Å². The number of anilines is 1.